The van der Waals surface area contributed by atoms with Crippen molar-refractivity contribution in [3.8, 4) is 0 Å². The van der Waals surface area contributed by atoms with Crippen LogP contribution in [0, 0.1) is 0 Å². The number of hydrogen-bond acceptors (Lipinski definition) is 3. The normalized spacial score (nSPS) is 16.4. The van der Waals surface area contributed by atoms with E-state index in [1.165, 1.54) is 0 Å². The smallest absolute Gasteiger partial charge is 0.251 e. The van der Waals surface area contributed by atoms with Gasteiger partial charge >= 0.3 is 0 Å². The lowest BCUT2D eigenvalue weighted by Crippen LogP contribution is -2.47. The Kier molecular flexibility index (Phi) is 4.55. The topological polar surface area (TPSA) is 62.3 Å². The molecule has 1 fully saturated rings. The molecule has 120 valence electrons. The van der Waals surface area contributed by atoms with Gasteiger partial charge < -0.3 is 10.2 Å². The molecule has 5 heteroatoms. The van der Waals surface area contributed by atoms with Crippen molar-refractivity contribution in [3.63, 3.8) is 0 Å². The number of pyridine rings is 1. The quantitative estimate of drug-likeness (QED) is 0.943. The Bertz CT molecular complexity index is 729. The summed E-state index contributed by atoms with van der Waals surface area (Å²) in [5.41, 5.74) is 1.49. The molecule has 0 bridgehead atoms. The minimum atomic E-state index is -0.118. The van der Waals surface area contributed by atoms with E-state index in [-0.39, 0.29) is 17.9 Å². The summed E-state index contributed by atoms with van der Waals surface area (Å²) in [7, 11) is 0. The molecule has 0 spiro atoms. The number of rotatable bonds is 4. The SMILES string of the molecule is C[C@H](CNC(=O)c1ccc2ncccc2c1)N1CCCCC1=O. The molecule has 2 aromatic rings. The average Bonchev–Trinajstić information content (AvgIpc) is 2.59. The van der Waals surface area contributed by atoms with E-state index >= 15 is 0 Å². The fraction of sp³-hybridized carbons (Fsp3) is 0.389. The highest BCUT2D eigenvalue weighted by Crippen LogP contribution is 2.15. The van der Waals surface area contributed by atoms with Crippen LogP contribution in [-0.4, -0.2) is 40.8 Å². The lowest BCUT2D eigenvalue weighted by molar-refractivity contribution is -0.135. The molecule has 1 aromatic carbocycles. The van der Waals surface area contributed by atoms with Crippen LogP contribution in [0.5, 0.6) is 0 Å². The molecule has 1 N–H and O–H groups in total. The van der Waals surface area contributed by atoms with Crippen molar-refractivity contribution in [2.45, 2.75) is 32.2 Å². The second-order valence-corrected chi connectivity index (χ2v) is 6.01. The Morgan fingerprint density at radius 3 is 3.04 bits per heavy atom. The minimum absolute atomic E-state index is 0.0221. The number of nitrogens with one attached hydrogen (secondary N) is 1. The van der Waals surface area contributed by atoms with Crippen molar-refractivity contribution in [2.24, 2.45) is 0 Å². The third kappa shape index (κ3) is 3.50. The number of carbonyl (C=O) groups is 2. The molecule has 0 aliphatic carbocycles. The second kappa shape index (κ2) is 6.77. The van der Waals surface area contributed by atoms with Crippen molar-refractivity contribution in [2.75, 3.05) is 13.1 Å². The van der Waals surface area contributed by atoms with Gasteiger partial charge in [0.1, 0.15) is 0 Å². The van der Waals surface area contributed by atoms with E-state index < -0.39 is 0 Å². The summed E-state index contributed by atoms with van der Waals surface area (Å²) in [5.74, 6) is 0.0711. The average molecular weight is 311 g/mol. The largest absolute Gasteiger partial charge is 0.350 e. The van der Waals surface area contributed by atoms with E-state index in [1.807, 2.05) is 36.1 Å². The fourth-order valence-corrected chi connectivity index (χ4v) is 2.96. The zero-order valence-electron chi connectivity index (χ0n) is 13.3. The first-order valence-electron chi connectivity index (χ1n) is 8.07. The molecule has 2 heterocycles. The van der Waals surface area contributed by atoms with E-state index in [9.17, 15) is 9.59 Å². The van der Waals surface area contributed by atoms with Crippen LogP contribution >= 0.6 is 0 Å². The molecule has 3 rings (SSSR count). The van der Waals surface area contributed by atoms with Gasteiger partial charge in [0.2, 0.25) is 5.91 Å². The minimum Gasteiger partial charge on any atom is -0.350 e. The van der Waals surface area contributed by atoms with E-state index in [4.69, 9.17) is 0 Å². The van der Waals surface area contributed by atoms with Gasteiger partial charge in [0.15, 0.2) is 0 Å². The fourth-order valence-electron chi connectivity index (χ4n) is 2.96. The first-order valence-corrected chi connectivity index (χ1v) is 8.07. The van der Waals surface area contributed by atoms with Crippen molar-refractivity contribution in [3.05, 3.63) is 42.1 Å². The van der Waals surface area contributed by atoms with Crippen molar-refractivity contribution >= 4 is 22.7 Å². The van der Waals surface area contributed by atoms with E-state index in [0.717, 1.165) is 30.3 Å². The van der Waals surface area contributed by atoms with E-state index in [0.29, 0.717) is 18.5 Å². The van der Waals surface area contributed by atoms with E-state index in [1.54, 1.807) is 12.3 Å². The van der Waals surface area contributed by atoms with Gasteiger partial charge in [0, 0.05) is 42.7 Å². The van der Waals surface area contributed by atoms with Crippen LogP contribution in [0.4, 0.5) is 0 Å². The molecule has 1 atom stereocenters. The predicted molar refractivity (Wildman–Crippen MR) is 89.1 cm³/mol. The highest BCUT2D eigenvalue weighted by atomic mass is 16.2. The molecule has 0 saturated carbocycles. The number of aromatic nitrogens is 1. The maximum Gasteiger partial charge on any atom is 0.251 e. The van der Waals surface area contributed by atoms with Gasteiger partial charge in [-0.3, -0.25) is 14.6 Å². The Balaban J connectivity index is 1.62. The number of hydrogen-bond donors (Lipinski definition) is 1. The van der Waals surface area contributed by atoms with Gasteiger partial charge in [0.25, 0.3) is 5.91 Å². The third-order valence-corrected chi connectivity index (χ3v) is 4.32. The summed E-state index contributed by atoms with van der Waals surface area (Å²) in [5, 5.41) is 3.87. The van der Waals surface area contributed by atoms with Crippen LogP contribution in [0.3, 0.4) is 0 Å². The van der Waals surface area contributed by atoms with Gasteiger partial charge in [-0.25, -0.2) is 0 Å². The zero-order chi connectivity index (χ0) is 16.2. The number of likely N-dealkylation sites (tertiary alicyclic amines) is 1. The molecular weight excluding hydrogens is 290 g/mol. The van der Waals surface area contributed by atoms with Crippen LogP contribution < -0.4 is 5.32 Å². The summed E-state index contributed by atoms with van der Waals surface area (Å²) in [6, 6.07) is 9.29. The number of benzene rings is 1. The lowest BCUT2D eigenvalue weighted by Gasteiger charge is -2.32. The monoisotopic (exact) mass is 311 g/mol. The molecule has 1 aromatic heterocycles. The first kappa shape index (κ1) is 15.5. The van der Waals surface area contributed by atoms with Crippen LogP contribution in [0.25, 0.3) is 10.9 Å². The van der Waals surface area contributed by atoms with E-state index in [2.05, 4.69) is 10.3 Å². The summed E-state index contributed by atoms with van der Waals surface area (Å²) < 4.78 is 0. The molecule has 1 saturated heterocycles. The van der Waals surface area contributed by atoms with Crippen molar-refractivity contribution in [1.29, 1.82) is 0 Å². The lowest BCUT2D eigenvalue weighted by atomic mass is 10.1. The molecule has 1 aliphatic heterocycles. The number of amides is 2. The predicted octanol–water partition coefficient (Wildman–Crippen LogP) is 2.37. The van der Waals surface area contributed by atoms with Crippen LogP contribution in [0.2, 0.25) is 0 Å². The number of piperidine rings is 1. The molecule has 0 radical (unpaired) electrons. The Hall–Kier alpha value is -2.43. The third-order valence-electron chi connectivity index (χ3n) is 4.32. The molecular formula is C18H21N3O2. The summed E-state index contributed by atoms with van der Waals surface area (Å²) >= 11 is 0. The Morgan fingerprint density at radius 2 is 2.22 bits per heavy atom. The zero-order valence-corrected chi connectivity index (χ0v) is 13.3. The first-order chi connectivity index (χ1) is 11.1. The maximum absolute atomic E-state index is 12.3. The van der Waals surface area contributed by atoms with Gasteiger partial charge in [-0.2, -0.15) is 0 Å². The summed E-state index contributed by atoms with van der Waals surface area (Å²) in [6.07, 6.45) is 4.37. The standard InChI is InChI=1S/C18H21N3O2/c1-13(21-10-3-2-6-17(21)22)12-20-18(23)15-7-8-16-14(11-15)5-4-9-19-16/h4-5,7-9,11,13H,2-3,6,10,12H2,1H3,(H,20,23)/t13-/m1/s1. The van der Waals surface area contributed by atoms with Crippen LogP contribution in [-0.2, 0) is 4.79 Å². The number of carbonyl (C=O) groups excluding carboxylic acids is 2. The second-order valence-electron chi connectivity index (χ2n) is 6.01. The molecule has 0 unspecified atom stereocenters. The molecule has 5 nitrogen and oxygen atoms in total. The Labute approximate surface area is 135 Å². The molecule has 23 heavy (non-hydrogen) atoms. The van der Waals surface area contributed by atoms with Crippen LogP contribution in [0.1, 0.15) is 36.5 Å². The number of nitrogens with zero attached hydrogens (tertiary/aromatic N) is 2. The molecule has 2 amide bonds. The maximum atomic E-state index is 12.3. The van der Waals surface area contributed by atoms with Crippen LogP contribution in [0.15, 0.2) is 36.5 Å². The van der Waals surface area contributed by atoms with Crippen molar-refractivity contribution < 1.29 is 9.59 Å². The summed E-state index contributed by atoms with van der Waals surface area (Å²) in [6.45, 7) is 3.24. The van der Waals surface area contributed by atoms with Gasteiger partial charge in [-0.15, -0.1) is 0 Å². The molecule has 1 aliphatic rings. The van der Waals surface area contributed by atoms with Crippen molar-refractivity contribution in [1.82, 2.24) is 15.2 Å². The Morgan fingerprint density at radius 1 is 1.35 bits per heavy atom. The van der Waals surface area contributed by atoms with Gasteiger partial charge in [-0.1, -0.05) is 6.07 Å². The highest BCUT2D eigenvalue weighted by molar-refractivity contribution is 5.97. The highest BCUT2D eigenvalue weighted by Gasteiger charge is 2.23. The summed E-state index contributed by atoms with van der Waals surface area (Å²) in [4.78, 5) is 30.3. The number of fused-ring (bicyclic) bond motifs is 1. The van der Waals surface area contributed by atoms with Gasteiger partial charge in [0.05, 0.1) is 5.52 Å². The van der Waals surface area contributed by atoms with Gasteiger partial charge in [-0.05, 0) is 44.0 Å².